The van der Waals surface area contributed by atoms with Crippen molar-refractivity contribution in [1.82, 2.24) is 4.98 Å². The first-order chi connectivity index (χ1) is 8.81. The summed E-state index contributed by atoms with van der Waals surface area (Å²) in [5.74, 6) is 0.882. The number of nitrogens with zero attached hydrogens (tertiary/aromatic N) is 1. The van der Waals surface area contributed by atoms with Crippen LogP contribution >= 0.6 is 11.8 Å². The van der Waals surface area contributed by atoms with E-state index in [4.69, 9.17) is 4.42 Å². The quantitative estimate of drug-likeness (QED) is 0.648. The Labute approximate surface area is 110 Å². The minimum Gasteiger partial charge on any atom is -0.431 e. The number of aryl methyl sites for hydroxylation is 1. The zero-order valence-electron chi connectivity index (χ0n) is 10.1. The van der Waals surface area contributed by atoms with E-state index in [0.717, 1.165) is 22.1 Å². The Morgan fingerprint density at radius 3 is 2.61 bits per heavy atom. The van der Waals surface area contributed by atoms with E-state index in [2.05, 4.69) is 36.2 Å². The summed E-state index contributed by atoms with van der Waals surface area (Å²) in [7, 11) is 0. The lowest BCUT2D eigenvalue weighted by Crippen LogP contribution is -1.80. The molecular formula is C15H13NOS. The lowest BCUT2D eigenvalue weighted by molar-refractivity contribution is 0.489. The van der Waals surface area contributed by atoms with Crippen LogP contribution in [0.3, 0.4) is 0 Å². The molecule has 3 aromatic rings. The van der Waals surface area contributed by atoms with Crippen molar-refractivity contribution in [3.05, 3.63) is 59.7 Å². The van der Waals surface area contributed by atoms with Crippen LogP contribution in [0, 0.1) is 6.92 Å². The maximum Gasteiger partial charge on any atom is 0.257 e. The SMILES string of the molecule is Cc1ccc(CSc2nc3ccccc3o2)cc1. The number of benzene rings is 2. The fourth-order valence-electron chi connectivity index (χ4n) is 1.74. The molecule has 0 atom stereocenters. The third kappa shape index (κ3) is 2.41. The Hall–Kier alpha value is -1.74. The molecular weight excluding hydrogens is 242 g/mol. The van der Waals surface area contributed by atoms with Gasteiger partial charge in [0.1, 0.15) is 5.52 Å². The number of aromatic nitrogens is 1. The minimum absolute atomic E-state index is 0.733. The van der Waals surface area contributed by atoms with Crippen LogP contribution in [0.25, 0.3) is 11.1 Å². The molecule has 0 saturated heterocycles. The first kappa shape index (κ1) is 11.4. The Kier molecular flexibility index (Phi) is 3.07. The number of hydrogen-bond donors (Lipinski definition) is 0. The molecule has 18 heavy (non-hydrogen) atoms. The molecule has 0 aliphatic rings. The van der Waals surface area contributed by atoms with Gasteiger partial charge < -0.3 is 4.42 Å². The fraction of sp³-hybridized carbons (Fsp3) is 0.133. The number of para-hydroxylation sites is 2. The monoisotopic (exact) mass is 255 g/mol. The van der Waals surface area contributed by atoms with E-state index in [1.165, 1.54) is 11.1 Å². The summed E-state index contributed by atoms with van der Waals surface area (Å²) in [6.45, 7) is 2.09. The van der Waals surface area contributed by atoms with Gasteiger partial charge in [-0.05, 0) is 24.6 Å². The highest BCUT2D eigenvalue weighted by Crippen LogP contribution is 2.26. The van der Waals surface area contributed by atoms with Crippen LogP contribution in [0.1, 0.15) is 11.1 Å². The van der Waals surface area contributed by atoms with E-state index < -0.39 is 0 Å². The molecule has 1 aromatic heterocycles. The summed E-state index contributed by atoms with van der Waals surface area (Å²) in [4.78, 5) is 4.44. The van der Waals surface area contributed by atoms with Crippen LogP contribution in [0.5, 0.6) is 0 Å². The summed E-state index contributed by atoms with van der Waals surface area (Å²) < 4.78 is 5.67. The summed E-state index contributed by atoms with van der Waals surface area (Å²) in [6, 6.07) is 16.4. The summed E-state index contributed by atoms with van der Waals surface area (Å²) in [6.07, 6.45) is 0. The highest BCUT2D eigenvalue weighted by atomic mass is 32.2. The van der Waals surface area contributed by atoms with Gasteiger partial charge in [0.05, 0.1) is 0 Å². The molecule has 0 amide bonds. The van der Waals surface area contributed by atoms with Crippen molar-refractivity contribution in [3.63, 3.8) is 0 Å². The zero-order chi connectivity index (χ0) is 12.4. The summed E-state index contributed by atoms with van der Waals surface area (Å²) in [5.41, 5.74) is 4.34. The van der Waals surface area contributed by atoms with Crippen molar-refractivity contribution >= 4 is 22.9 Å². The van der Waals surface area contributed by atoms with Gasteiger partial charge in [-0.1, -0.05) is 53.7 Å². The molecule has 2 aromatic carbocycles. The van der Waals surface area contributed by atoms with Gasteiger partial charge in [-0.25, -0.2) is 4.98 Å². The Bertz CT molecular complexity index is 625. The van der Waals surface area contributed by atoms with E-state index >= 15 is 0 Å². The molecule has 0 bridgehead atoms. The Morgan fingerprint density at radius 2 is 1.83 bits per heavy atom. The molecule has 2 nitrogen and oxygen atoms in total. The van der Waals surface area contributed by atoms with E-state index in [0.29, 0.717) is 0 Å². The second-order valence-electron chi connectivity index (χ2n) is 4.22. The van der Waals surface area contributed by atoms with Crippen LogP contribution in [-0.2, 0) is 5.75 Å². The van der Waals surface area contributed by atoms with Crippen LogP contribution in [0.15, 0.2) is 58.2 Å². The third-order valence-electron chi connectivity index (χ3n) is 2.76. The number of oxazole rings is 1. The van der Waals surface area contributed by atoms with Gasteiger partial charge in [-0.2, -0.15) is 0 Å². The van der Waals surface area contributed by atoms with Crippen molar-refractivity contribution < 1.29 is 4.42 Å². The Morgan fingerprint density at radius 1 is 1.06 bits per heavy atom. The zero-order valence-corrected chi connectivity index (χ0v) is 10.9. The smallest absolute Gasteiger partial charge is 0.257 e. The van der Waals surface area contributed by atoms with Crippen molar-refractivity contribution in [1.29, 1.82) is 0 Å². The molecule has 90 valence electrons. The normalized spacial score (nSPS) is 10.9. The molecule has 0 unspecified atom stereocenters. The van der Waals surface area contributed by atoms with Crippen LogP contribution < -0.4 is 0 Å². The van der Waals surface area contributed by atoms with Crippen LogP contribution in [0.2, 0.25) is 0 Å². The largest absolute Gasteiger partial charge is 0.431 e. The first-order valence-electron chi connectivity index (χ1n) is 5.85. The van der Waals surface area contributed by atoms with E-state index in [-0.39, 0.29) is 0 Å². The van der Waals surface area contributed by atoms with E-state index in [1.807, 2.05) is 24.3 Å². The lowest BCUT2D eigenvalue weighted by Gasteiger charge is -1.98. The van der Waals surface area contributed by atoms with Crippen molar-refractivity contribution in [2.24, 2.45) is 0 Å². The van der Waals surface area contributed by atoms with Gasteiger partial charge >= 0.3 is 0 Å². The van der Waals surface area contributed by atoms with Crippen LogP contribution in [0.4, 0.5) is 0 Å². The standard InChI is InChI=1S/C15H13NOS/c1-11-6-8-12(9-7-11)10-18-15-16-13-4-2-3-5-14(13)17-15/h2-9H,10H2,1H3. The molecule has 0 spiro atoms. The molecule has 0 N–H and O–H groups in total. The lowest BCUT2D eigenvalue weighted by atomic mass is 10.2. The highest BCUT2D eigenvalue weighted by molar-refractivity contribution is 7.98. The van der Waals surface area contributed by atoms with Gasteiger partial charge in [0.2, 0.25) is 0 Å². The molecule has 0 fully saturated rings. The third-order valence-corrected chi connectivity index (χ3v) is 3.66. The number of rotatable bonds is 3. The van der Waals surface area contributed by atoms with E-state index in [1.54, 1.807) is 11.8 Å². The molecule has 0 aliphatic carbocycles. The van der Waals surface area contributed by atoms with Crippen molar-refractivity contribution in [3.8, 4) is 0 Å². The summed E-state index contributed by atoms with van der Waals surface area (Å²) >= 11 is 1.63. The number of thioether (sulfide) groups is 1. The molecule has 0 saturated carbocycles. The van der Waals surface area contributed by atoms with Crippen molar-refractivity contribution in [2.45, 2.75) is 17.9 Å². The van der Waals surface area contributed by atoms with Gasteiger partial charge in [0.25, 0.3) is 5.22 Å². The number of fused-ring (bicyclic) bond motifs is 1. The summed E-state index contributed by atoms with van der Waals surface area (Å²) in [5, 5.41) is 0.733. The fourth-order valence-corrected chi connectivity index (χ4v) is 2.54. The maximum atomic E-state index is 5.67. The Balaban J connectivity index is 1.74. The average Bonchev–Trinajstić information content (AvgIpc) is 2.81. The van der Waals surface area contributed by atoms with Gasteiger partial charge in [0.15, 0.2) is 5.58 Å². The molecule has 3 rings (SSSR count). The first-order valence-corrected chi connectivity index (χ1v) is 6.84. The van der Waals surface area contributed by atoms with E-state index in [9.17, 15) is 0 Å². The predicted octanol–water partition coefficient (Wildman–Crippen LogP) is 4.43. The molecule has 3 heteroatoms. The van der Waals surface area contributed by atoms with Crippen LogP contribution in [-0.4, -0.2) is 4.98 Å². The topological polar surface area (TPSA) is 26.0 Å². The van der Waals surface area contributed by atoms with Gasteiger partial charge in [0, 0.05) is 5.75 Å². The molecule has 1 heterocycles. The average molecular weight is 255 g/mol. The second kappa shape index (κ2) is 4.86. The maximum absolute atomic E-state index is 5.67. The predicted molar refractivity (Wildman–Crippen MR) is 74.7 cm³/mol. The van der Waals surface area contributed by atoms with Gasteiger partial charge in [-0.15, -0.1) is 0 Å². The van der Waals surface area contributed by atoms with Gasteiger partial charge in [-0.3, -0.25) is 0 Å². The minimum atomic E-state index is 0.733. The number of hydrogen-bond acceptors (Lipinski definition) is 3. The van der Waals surface area contributed by atoms with Crippen molar-refractivity contribution in [2.75, 3.05) is 0 Å². The highest BCUT2D eigenvalue weighted by Gasteiger charge is 2.05. The second-order valence-corrected chi connectivity index (χ2v) is 5.15. The molecule has 0 aliphatic heterocycles. The molecule has 0 radical (unpaired) electrons.